The van der Waals surface area contributed by atoms with Gasteiger partial charge in [0.1, 0.15) is 5.82 Å². The lowest BCUT2D eigenvalue weighted by Gasteiger charge is -2.05. The molecule has 0 unspecified atom stereocenters. The molecule has 0 amide bonds. The Morgan fingerprint density at radius 1 is 1.03 bits per heavy atom. The smallest absolute Gasteiger partial charge is 0.294 e. The normalized spacial score (nSPS) is 16.4. The molecule has 0 radical (unpaired) electrons. The van der Waals surface area contributed by atoms with Crippen LogP contribution in [0.25, 0.3) is 10.9 Å². The third-order valence-electron chi connectivity index (χ3n) is 7.89. The van der Waals surface area contributed by atoms with E-state index in [2.05, 4.69) is 49.4 Å². The van der Waals surface area contributed by atoms with Gasteiger partial charge in [0.15, 0.2) is 5.78 Å². The van der Waals surface area contributed by atoms with Crippen LogP contribution >= 0.6 is 0 Å². The lowest BCUT2D eigenvalue weighted by atomic mass is 10.0. The molecule has 1 fully saturated rings. The maximum Gasteiger partial charge on any atom is 0.294 e. The molecule has 0 saturated heterocycles. The van der Waals surface area contributed by atoms with Crippen molar-refractivity contribution in [3.63, 3.8) is 0 Å². The molecule has 2 aromatic carbocycles. The molecule has 0 bridgehead atoms. The summed E-state index contributed by atoms with van der Waals surface area (Å²) in [5, 5.41) is 1.04. The van der Waals surface area contributed by atoms with Gasteiger partial charge in [-0.15, -0.1) is 0 Å². The molecule has 0 atom stereocenters. The van der Waals surface area contributed by atoms with Crippen LogP contribution in [0.5, 0.6) is 0 Å². The summed E-state index contributed by atoms with van der Waals surface area (Å²) in [5.41, 5.74) is 2.98. The average molecular weight is 508 g/mol. The Bertz CT molecular complexity index is 1510. The first-order valence-electron chi connectivity index (χ1n) is 11.9. The van der Waals surface area contributed by atoms with Crippen LogP contribution < -0.4 is 0 Å². The molecule has 2 heterocycles. The van der Waals surface area contributed by atoms with E-state index in [0.717, 1.165) is 27.9 Å². The lowest BCUT2D eigenvalue weighted by molar-refractivity contribution is 0.0946. The van der Waals surface area contributed by atoms with Gasteiger partial charge in [-0.2, -0.15) is 8.42 Å². The van der Waals surface area contributed by atoms with Crippen LogP contribution in [-0.4, -0.2) is 32.9 Å². The highest BCUT2D eigenvalue weighted by molar-refractivity contribution is 7.85. The molecule has 7 nitrogen and oxygen atoms in total. The van der Waals surface area contributed by atoms with Gasteiger partial charge in [0.05, 0.1) is 11.4 Å². The fraction of sp³-hybridized carbons (Fsp3) is 0.357. The first-order valence-corrected chi connectivity index (χ1v) is 13.3. The van der Waals surface area contributed by atoms with Gasteiger partial charge in [-0.25, -0.2) is 4.98 Å². The maximum atomic E-state index is 13.3. The molecule has 0 spiro atoms. The molecule has 0 aliphatic heterocycles. The number of fused-ring (bicyclic) bond motifs is 1. The van der Waals surface area contributed by atoms with Crippen molar-refractivity contribution in [2.24, 2.45) is 23.8 Å². The summed E-state index contributed by atoms with van der Waals surface area (Å²) >= 11 is 0. The molecular formula is C28H33N3O4S. The molecule has 8 heteroatoms. The van der Waals surface area contributed by atoms with E-state index in [0.29, 0.717) is 6.54 Å². The van der Waals surface area contributed by atoms with Crippen molar-refractivity contribution in [1.82, 2.24) is 14.1 Å². The Morgan fingerprint density at radius 3 is 2.17 bits per heavy atom. The second-order valence-corrected chi connectivity index (χ2v) is 12.1. The van der Waals surface area contributed by atoms with E-state index >= 15 is 0 Å². The average Bonchev–Trinajstić information content (AvgIpc) is 3.16. The van der Waals surface area contributed by atoms with E-state index < -0.39 is 10.1 Å². The number of carbonyl (C=O) groups is 1. The molecule has 190 valence electrons. The van der Waals surface area contributed by atoms with E-state index in [-0.39, 0.29) is 27.4 Å². The highest BCUT2D eigenvalue weighted by atomic mass is 32.2. The van der Waals surface area contributed by atoms with Crippen molar-refractivity contribution in [3.05, 3.63) is 84.1 Å². The van der Waals surface area contributed by atoms with Gasteiger partial charge in [-0.3, -0.25) is 9.35 Å². The minimum Gasteiger partial charge on any atom is -0.339 e. The fourth-order valence-corrected chi connectivity index (χ4v) is 5.47. The predicted molar refractivity (Wildman–Crippen MR) is 141 cm³/mol. The summed E-state index contributed by atoms with van der Waals surface area (Å²) in [6.07, 6.45) is 5.77. The minimum absolute atomic E-state index is 0.0486. The monoisotopic (exact) mass is 507 g/mol. The van der Waals surface area contributed by atoms with Crippen molar-refractivity contribution in [3.8, 4) is 0 Å². The Hall–Kier alpha value is -3.23. The molecule has 1 N–H and O–H groups in total. The zero-order chi connectivity index (χ0) is 26.5. The number of aryl methyl sites for hydroxylation is 2. The summed E-state index contributed by atoms with van der Waals surface area (Å²) in [7, 11) is -2.02. The van der Waals surface area contributed by atoms with E-state index in [9.17, 15) is 13.2 Å². The Balaban J connectivity index is 0.000000233. The molecule has 1 saturated carbocycles. The number of Topliss-reactive ketones (excluding diaryl/α,β-unsaturated/α-hetero) is 1. The molecule has 2 aromatic heterocycles. The molecule has 5 rings (SSSR count). The van der Waals surface area contributed by atoms with Gasteiger partial charge in [0.25, 0.3) is 10.1 Å². The van der Waals surface area contributed by atoms with Crippen LogP contribution in [0.2, 0.25) is 0 Å². The Labute approximate surface area is 212 Å². The van der Waals surface area contributed by atoms with Crippen molar-refractivity contribution < 1.29 is 17.8 Å². The van der Waals surface area contributed by atoms with Crippen molar-refractivity contribution in [2.75, 3.05) is 0 Å². The van der Waals surface area contributed by atoms with E-state index in [1.807, 2.05) is 49.3 Å². The third kappa shape index (κ3) is 4.63. The lowest BCUT2D eigenvalue weighted by Crippen LogP contribution is -2.08. The number of hydrogen-bond acceptors (Lipinski definition) is 4. The number of ketones is 1. The standard InChI is InChI=1S/C21H25N3O.C7H8O3S/c1-20(2)19(21(20,3)4)18(25)15-12-24(13-17-22-10-11-23(17)5)16-9-7-6-8-14(15)16;1-6-2-4-7(5-3-6)11(8,9)10/h6-12,19H,13H2,1-5H3;2-5H,1H3,(H,8,9,10). The van der Waals surface area contributed by atoms with Crippen molar-refractivity contribution in [2.45, 2.75) is 46.1 Å². The summed E-state index contributed by atoms with van der Waals surface area (Å²) in [4.78, 5) is 17.7. The molecule has 1 aliphatic carbocycles. The zero-order valence-electron chi connectivity index (χ0n) is 21.6. The Morgan fingerprint density at radius 2 is 1.64 bits per heavy atom. The van der Waals surface area contributed by atoms with Gasteiger partial charge in [-0.05, 0) is 36.0 Å². The van der Waals surface area contributed by atoms with Gasteiger partial charge < -0.3 is 9.13 Å². The van der Waals surface area contributed by atoms with Crippen LogP contribution in [0.4, 0.5) is 0 Å². The second-order valence-electron chi connectivity index (χ2n) is 10.7. The quantitative estimate of drug-likeness (QED) is 0.283. The number of benzene rings is 2. The van der Waals surface area contributed by atoms with Gasteiger partial charge in [0.2, 0.25) is 0 Å². The SMILES string of the molecule is Cc1ccc(S(=O)(=O)O)cc1.Cn1ccnc1Cn1cc(C(=O)C2C(C)(C)C2(C)C)c2ccccc21. The molecule has 1 aliphatic rings. The number of para-hydroxylation sites is 1. The van der Waals surface area contributed by atoms with Crippen LogP contribution in [-0.2, 0) is 23.7 Å². The van der Waals surface area contributed by atoms with E-state index in [1.54, 1.807) is 12.1 Å². The predicted octanol–water partition coefficient (Wildman–Crippen LogP) is 5.53. The molecular weight excluding hydrogens is 474 g/mol. The van der Waals surface area contributed by atoms with E-state index in [1.165, 1.54) is 12.1 Å². The fourth-order valence-electron chi connectivity index (χ4n) is 4.99. The van der Waals surface area contributed by atoms with Crippen LogP contribution in [0.3, 0.4) is 0 Å². The minimum atomic E-state index is -4.02. The number of nitrogens with zero attached hydrogens (tertiary/aromatic N) is 3. The molecule has 36 heavy (non-hydrogen) atoms. The summed E-state index contributed by atoms with van der Waals surface area (Å²) in [5.74, 6) is 1.32. The number of carbonyl (C=O) groups excluding carboxylic acids is 1. The summed E-state index contributed by atoms with van der Waals surface area (Å²) in [6, 6.07) is 14.2. The topological polar surface area (TPSA) is 94.2 Å². The Kier molecular flexibility index (Phi) is 6.47. The highest BCUT2D eigenvalue weighted by Gasteiger charge is 2.68. The largest absolute Gasteiger partial charge is 0.339 e. The summed E-state index contributed by atoms with van der Waals surface area (Å²) in [6.45, 7) is 11.3. The van der Waals surface area contributed by atoms with Gasteiger partial charge in [-0.1, -0.05) is 63.6 Å². The summed E-state index contributed by atoms with van der Waals surface area (Å²) < 4.78 is 33.7. The second kappa shape index (κ2) is 9.01. The van der Waals surface area contributed by atoms with Crippen molar-refractivity contribution in [1.29, 1.82) is 0 Å². The number of hydrogen-bond donors (Lipinski definition) is 1. The zero-order valence-corrected chi connectivity index (χ0v) is 22.4. The van der Waals surface area contributed by atoms with Gasteiger partial charge in [0, 0.05) is 48.0 Å². The number of rotatable bonds is 5. The van der Waals surface area contributed by atoms with Crippen LogP contribution in [0.1, 0.15) is 49.4 Å². The van der Waals surface area contributed by atoms with Crippen LogP contribution in [0, 0.1) is 23.7 Å². The van der Waals surface area contributed by atoms with Crippen LogP contribution in [0.15, 0.2) is 72.0 Å². The first-order chi connectivity index (χ1) is 16.7. The molecule has 4 aromatic rings. The van der Waals surface area contributed by atoms with Gasteiger partial charge >= 0.3 is 0 Å². The first kappa shape index (κ1) is 25.9. The van der Waals surface area contributed by atoms with Crippen molar-refractivity contribution >= 4 is 26.8 Å². The third-order valence-corrected chi connectivity index (χ3v) is 8.76. The number of imidazole rings is 1. The highest BCUT2D eigenvalue weighted by Crippen LogP contribution is 2.69. The number of aromatic nitrogens is 3. The maximum absolute atomic E-state index is 13.3. The van der Waals surface area contributed by atoms with E-state index in [4.69, 9.17) is 4.55 Å².